The normalized spacial score (nSPS) is 45.6. The molecule has 8 atom stereocenters. The van der Waals surface area contributed by atoms with E-state index in [2.05, 4.69) is 11.4 Å². The van der Waals surface area contributed by atoms with Crippen molar-refractivity contribution in [2.24, 2.45) is 46.3 Å². The number of unbranched alkanes of at least 4 members (excludes halogenated alkanes) is 1. The van der Waals surface area contributed by atoms with Gasteiger partial charge in [-0.15, -0.1) is 0 Å². The van der Waals surface area contributed by atoms with Crippen LogP contribution in [0.25, 0.3) is 0 Å². The van der Waals surface area contributed by atoms with Gasteiger partial charge in [0.05, 0.1) is 19.1 Å². The van der Waals surface area contributed by atoms with Crippen molar-refractivity contribution >= 4 is 17.6 Å². The van der Waals surface area contributed by atoms with E-state index >= 15 is 0 Å². The lowest BCUT2D eigenvalue weighted by Gasteiger charge is -2.78. The second kappa shape index (κ2) is 5.16. The maximum atomic E-state index is 12.4. The monoisotopic (exact) mass is 393 g/mol. The third kappa shape index (κ3) is 1.62. The summed E-state index contributed by atoms with van der Waals surface area (Å²) in [6.07, 6.45) is 6.24. The number of hydrogen-bond acceptors (Lipinski definition) is 4. The molecule has 4 saturated carbocycles. The highest BCUT2D eigenvalue weighted by atomic mass is 16.5. The minimum Gasteiger partial charge on any atom is -0.494 e. The smallest absolute Gasteiger partial charge is 0.312 e. The molecule has 1 aromatic carbocycles. The van der Waals surface area contributed by atoms with Crippen molar-refractivity contribution in [2.75, 3.05) is 19.0 Å². The van der Waals surface area contributed by atoms with Crippen molar-refractivity contribution in [3.63, 3.8) is 0 Å². The van der Waals surface area contributed by atoms with Crippen molar-refractivity contribution in [1.29, 1.82) is 0 Å². The number of benzene rings is 1. The van der Waals surface area contributed by atoms with E-state index in [1.165, 1.54) is 24.8 Å². The summed E-state index contributed by atoms with van der Waals surface area (Å²) >= 11 is 0. The molecule has 1 amide bonds. The second-order valence-electron chi connectivity index (χ2n) is 10.3. The number of aryl methyl sites for hydroxylation is 1. The number of carbonyl (C=O) groups is 2. The minimum absolute atomic E-state index is 0.0263. The van der Waals surface area contributed by atoms with Crippen LogP contribution in [-0.2, 0) is 20.7 Å². The molecule has 0 aromatic heterocycles. The lowest BCUT2D eigenvalue weighted by molar-refractivity contribution is -0.320. The van der Waals surface area contributed by atoms with E-state index in [0.29, 0.717) is 29.6 Å². The van der Waals surface area contributed by atoms with Gasteiger partial charge in [-0.2, -0.15) is 0 Å². The molecule has 152 valence electrons. The third-order valence-corrected chi connectivity index (χ3v) is 9.92. The fourth-order valence-corrected chi connectivity index (χ4v) is 9.43. The van der Waals surface area contributed by atoms with Crippen LogP contribution in [0.5, 0.6) is 5.75 Å². The lowest BCUT2D eigenvalue weighted by atomic mass is 9.24. The topological polar surface area (TPSA) is 64.6 Å². The van der Waals surface area contributed by atoms with Crippen molar-refractivity contribution in [3.05, 3.63) is 23.8 Å². The van der Waals surface area contributed by atoms with Crippen molar-refractivity contribution < 1.29 is 19.1 Å². The van der Waals surface area contributed by atoms with Gasteiger partial charge in [0, 0.05) is 18.2 Å². The Morgan fingerprint density at radius 2 is 2.07 bits per heavy atom. The van der Waals surface area contributed by atoms with E-state index in [1.807, 2.05) is 12.1 Å². The summed E-state index contributed by atoms with van der Waals surface area (Å²) in [5, 5.41) is 2.94. The van der Waals surface area contributed by atoms with Crippen molar-refractivity contribution in [3.8, 4) is 5.75 Å². The largest absolute Gasteiger partial charge is 0.494 e. The molecule has 0 bridgehead atoms. The summed E-state index contributed by atoms with van der Waals surface area (Å²) in [6, 6.07) is 6.05. The van der Waals surface area contributed by atoms with Crippen LogP contribution in [0.2, 0.25) is 0 Å². The summed E-state index contributed by atoms with van der Waals surface area (Å²) in [4.78, 5) is 24.0. The summed E-state index contributed by atoms with van der Waals surface area (Å²) in [6.45, 7) is 0.726. The number of amides is 1. The molecule has 4 aliphatic carbocycles. The third-order valence-electron chi connectivity index (χ3n) is 9.92. The molecule has 29 heavy (non-hydrogen) atoms. The zero-order chi connectivity index (χ0) is 19.5. The summed E-state index contributed by atoms with van der Waals surface area (Å²) in [7, 11) is 1.57. The first kappa shape index (κ1) is 16.7. The van der Waals surface area contributed by atoms with E-state index in [1.54, 1.807) is 7.11 Å². The maximum absolute atomic E-state index is 12.4. The zero-order valence-corrected chi connectivity index (χ0v) is 16.8. The van der Waals surface area contributed by atoms with E-state index in [4.69, 9.17) is 9.47 Å². The Bertz CT molecular complexity index is 941. The molecule has 0 spiro atoms. The Labute approximate surface area is 170 Å². The van der Waals surface area contributed by atoms with Crippen LogP contribution in [0.1, 0.15) is 37.7 Å². The molecular weight excluding hydrogens is 366 g/mol. The molecule has 8 unspecified atom stereocenters. The minimum atomic E-state index is -0.0263. The van der Waals surface area contributed by atoms with Crippen molar-refractivity contribution in [1.82, 2.24) is 0 Å². The molecule has 1 aliphatic heterocycles. The Morgan fingerprint density at radius 1 is 1.17 bits per heavy atom. The van der Waals surface area contributed by atoms with E-state index < -0.39 is 0 Å². The highest BCUT2D eigenvalue weighted by Crippen LogP contribution is 3.03. The highest BCUT2D eigenvalue weighted by molar-refractivity contribution is 5.94. The summed E-state index contributed by atoms with van der Waals surface area (Å²) < 4.78 is 11.2. The molecule has 1 heterocycles. The molecule has 6 rings (SSSR count). The fourth-order valence-electron chi connectivity index (χ4n) is 9.43. The van der Waals surface area contributed by atoms with Crippen LogP contribution < -0.4 is 10.1 Å². The lowest BCUT2D eigenvalue weighted by Crippen LogP contribution is -2.78. The fraction of sp³-hybridized carbons (Fsp3) is 0.667. The maximum Gasteiger partial charge on any atom is 0.312 e. The van der Waals surface area contributed by atoms with Gasteiger partial charge >= 0.3 is 5.97 Å². The number of methoxy groups -OCH3 is 1. The van der Waals surface area contributed by atoms with Gasteiger partial charge in [-0.25, -0.2) is 0 Å². The molecule has 1 aromatic rings. The molecule has 0 radical (unpaired) electrons. The van der Waals surface area contributed by atoms with Gasteiger partial charge in [0.2, 0.25) is 5.91 Å². The second-order valence-corrected chi connectivity index (χ2v) is 10.3. The number of ether oxygens (including phenoxy) is 2. The first-order valence-corrected chi connectivity index (χ1v) is 11.3. The molecule has 4 fully saturated rings. The number of esters is 1. The Balaban J connectivity index is 0.934. The predicted molar refractivity (Wildman–Crippen MR) is 105 cm³/mol. The van der Waals surface area contributed by atoms with Crippen LogP contribution in [0.15, 0.2) is 18.2 Å². The highest BCUT2D eigenvalue weighted by Gasteiger charge is 3.03. The molecule has 0 saturated heterocycles. The number of fused-ring (bicyclic) bond motifs is 12. The van der Waals surface area contributed by atoms with Gasteiger partial charge < -0.3 is 14.8 Å². The van der Waals surface area contributed by atoms with Gasteiger partial charge in [-0.3, -0.25) is 9.59 Å². The standard InChI is InChI=1S/C24H27NO4/c1-28-22(27)24-14-11-23(18-17(14)19(24)20(23)21(18)24)8-2-3-9-29-13-6-4-12-5-7-16(26)25-15(12)10-13/h4,6,10,14,17-21H,2-3,5,7-9,11H2,1H3,(H,25,26). The summed E-state index contributed by atoms with van der Waals surface area (Å²) in [5.74, 6) is 5.53. The number of rotatable bonds is 7. The predicted octanol–water partition coefficient (Wildman–Crippen LogP) is 3.42. The Morgan fingerprint density at radius 3 is 2.79 bits per heavy atom. The quantitative estimate of drug-likeness (QED) is 0.438. The van der Waals surface area contributed by atoms with Gasteiger partial charge in [0.1, 0.15) is 5.75 Å². The summed E-state index contributed by atoms with van der Waals surface area (Å²) in [5.41, 5.74) is 2.64. The molecule has 5 aliphatic rings. The van der Waals surface area contributed by atoms with Gasteiger partial charge in [0.15, 0.2) is 0 Å². The number of nitrogens with one attached hydrogen (secondary N) is 1. The number of carbonyl (C=O) groups excluding carboxylic acids is 2. The molecule has 1 N–H and O–H groups in total. The zero-order valence-electron chi connectivity index (χ0n) is 16.8. The van der Waals surface area contributed by atoms with E-state index in [9.17, 15) is 9.59 Å². The van der Waals surface area contributed by atoms with Crippen LogP contribution >= 0.6 is 0 Å². The van der Waals surface area contributed by atoms with Gasteiger partial charge in [0.25, 0.3) is 0 Å². The van der Waals surface area contributed by atoms with Crippen LogP contribution in [-0.4, -0.2) is 25.6 Å². The van der Waals surface area contributed by atoms with Crippen molar-refractivity contribution in [2.45, 2.75) is 38.5 Å². The first-order valence-electron chi connectivity index (χ1n) is 11.3. The van der Waals surface area contributed by atoms with E-state index in [0.717, 1.165) is 48.6 Å². The molecule has 5 nitrogen and oxygen atoms in total. The first-order chi connectivity index (χ1) is 14.1. The Kier molecular flexibility index (Phi) is 2.98. The SMILES string of the molecule is COC(=O)C12C3CC4(CCCCOc5ccc6c(c5)NC(=O)CC6)C5C3C1C4C52. The van der Waals surface area contributed by atoms with Gasteiger partial charge in [-0.1, -0.05) is 6.07 Å². The molecule has 5 heteroatoms. The van der Waals surface area contributed by atoms with Crippen LogP contribution in [0, 0.1) is 46.3 Å². The molecular formula is C24H27NO4. The van der Waals surface area contributed by atoms with E-state index in [-0.39, 0.29) is 17.3 Å². The van der Waals surface area contributed by atoms with Gasteiger partial charge in [-0.05, 0) is 84.7 Å². The number of hydrogen-bond donors (Lipinski definition) is 1. The average Bonchev–Trinajstić information content (AvgIpc) is 3.42. The Hall–Kier alpha value is -2.04. The average molecular weight is 393 g/mol. The van der Waals surface area contributed by atoms with Crippen LogP contribution in [0.3, 0.4) is 0 Å². The number of anilines is 1. The van der Waals surface area contributed by atoms with Crippen LogP contribution in [0.4, 0.5) is 5.69 Å².